The largest absolute Gasteiger partial charge is 0.481 e. The summed E-state index contributed by atoms with van der Waals surface area (Å²) in [6, 6.07) is 0. The number of hydrogen-bond acceptors (Lipinski definition) is 2. The standard InChI is InChI=1S/C11H19NO3/c1-8(2)7-12-9(13)5-11(3,4)6-10(14)15/h1,5-7H2,2-4H3,(H,12,13)(H,14,15). The molecule has 15 heavy (non-hydrogen) atoms. The summed E-state index contributed by atoms with van der Waals surface area (Å²) in [4.78, 5) is 21.9. The predicted octanol–water partition coefficient (Wildman–Crippen LogP) is 1.57. The SMILES string of the molecule is C=C(C)CNC(=O)CC(C)(C)CC(=O)O. The molecule has 0 aliphatic heterocycles. The van der Waals surface area contributed by atoms with Gasteiger partial charge >= 0.3 is 5.97 Å². The van der Waals surface area contributed by atoms with Crippen LogP contribution in [0.2, 0.25) is 0 Å². The first-order valence-corrected chi connectivity index (χ1v) is 4.86. The molecule has 0 bridgehead atoms. The average Bonchev–Trinajstić information content (AvgIpc) is 1.96. The summed E-state index contributed by atoms with van der Waals surface area (Å²) >= 11 is 0. The Morgan fingerprint density at radius 2 is 1.87 bits per heavy atom. The van der Waals surface area contributed by atoms with Gasteiger partial charge in [-0.25, -0.2) is 0 Å². The molecule has 4 nitrogen and oxygen atoms in total. The van der Waals surface area contributed by atoms with Crippen molar-refractivity contribution in [2.75, 3.05) is 6.54 Å². The van der Waals surface area contributed by atoms with Crippen molar-refractivity contribution in [3.8, 4) is 0 Å². The molecule has 0 aromatic rings. The average molecular weight is 213 g/mol. The van der Waals surface area contributed by atoms with Gasteiger partial charge in [0.05, 0.1) is 6.42 Å². The summed E-state index contributed by atoms with van der Waals surface area (Å²) in [6.07, 6.45) is 0.208. The van der Waals surface area contributed by atoms with Crippen LogP contribution in [0, 0.1) is 5.41 Å². The second-order valence-electron chi connectivity index (χ2n) is 4.65. The van der Waals surface area contributed by atoms with Gasteiger partial charge in [0.25, 0.3) is 0 Å². The molecule has 0 saturated heterocycles. The van der Waals surface area contributed by atoms with E-state index < -0.39 is 11.4 Å². The fourth-order valence-electron chi connectivity index (χ4n) is 1.22. The highest BCUT2D eigenvalue weighted by atomic mass is 16.4. The lowest BCUT2D eigenvalue weighted by atomic mass is 9.85. The molecule has 0 aromatic heterocycles. The van der Waals surface area contributed by atoms with Crippen LogP contribution in [0.15, 0.2) is 12.2 Å². The molecule has 0 fully saturated rings. The Labute approximate surface area is 90.4 Å². The normalized spacial score (nSPS) is 10.9. The number of carbonyl (C=O) groups is 2. The summed E-state index contributed by atoms with van der Waals surface area (Å²) in [5.41, 5.74) is 0.365. The van der Waals surface area contributed by atoms with E-state index in [-0.39, 0.29) is 18.7 Å². The van der Waals surface area contributed by atoms with Crippen LogP contribution in [0.25, 0.3) is 0 Å². The van der Waals surface area contributed by atoms with Crippen molar-refractivity contribution in [1.82, 2.24) is 5.32 Å². The Balaban J connectivity index is 4.04. The highest BCUT2D eigenvalue weighted by molar-refractivity contribution is 5.78. The summed E-state index contributed by atoms with van der Waals surface area (Å²) < 4.78 is 0. The number of carboxylic acid groups (broad SMARTS) is 1. The van der Waals surface area contributed by atoms with Crippen LogP contribution in [0.1, 0.15) is 33.6 Å². The van der Waals surface area contributed by atoms with Crippen LogP contribution >= 0.6 is 0 Å². The molecule has 0 heterocycles. The third-order valence-electron chi connectivity index (χ3n) is 1.86. The maximum absolute atomic E-state index is 11.4. The van der Waals surface area contributed by atoms with Crippen molar-refractivity contribution < 1.29 is 14.7 Å². The second-order valence-corrected chi connectivity index (χ2v) is 4.65. The third-order valence-corrected chi connectivity index (χ3v) is 1.86. The van der Waals surface area contributed by atoms with E-state index in [9.17, 15) is 9.59 Å². The molecule has 0 rings (SSSR count). The van der Waals surface area contributed by atoms with Crippen LogP contribution in [-0.2, 0) is 9.59 Å². The van der Waals surface area contributed by atoms with Crippen LogP contribution in [0.4, 0.5) is 0 Å². The number of carbonyl (C=O) groups excluding carboxylic acids is 1. The molecular formula is C11H19NO3. The van der Waals surface area contributed by atoms with E-state index in [1.54, 1.807) is 13.8 Å². The Bertz CT molecular complexity index is 269. The minimum atomic E-state index is -0.882. The van der Waals surface area contributed by atoms with Gasteiger partial charge in [0, 0.05) is 13.0 Å². The number of nitrogens with one attached hydrogen (secondary N) is 1. The van der Waals surface area contributed by atoms with Gasteiger partial charge in [-0.05, 0) is 12.3 Å². The van der Waals surface area contributed by atoms with Gasteiger partial charge in [-0.3, -0.25) is 9.59 Å². The van der Waals surface area contributed by atoms with E-state index in [2.05, 4.69) is 11.9 Å². The fraction of sp³-hybridized carbons (Fsp3) is 0.636. The van der Waals surface area contributed by atoms with Gasteiger partial charge in [-0.15, -0.1) is 0 Å². The molecule has 0 spiro atoms. The molecule has 0 unspecified atom stereocenters. The van der Waals surface area contributed by atoms with Gasteiger partial charge in [0.1, 0.15) is 0 Å². The Morgan fingerprint density at radius 1 is 1.33 bits per heavy atom. The number of hydrogen-bond donors (Lipinski definition) is 2. The van der Waals surface area contributed by atoms with Crippen molar-refractivity contribution in [3.63, 3.8) is 0 Å². The zero-order chi connectivity index (χ0) is 12.1. The fourth-order valence-corrected chi connectivity index (χ4v) is 1.22. The van der Waals surface area contributed by atoms with Crippen LogP contribution in [0.5, 0.6) is 0 Å². The topological polar surface area (TPSA) is 66.4 Å². The van der Waals surface area contributed by atoms with E-state index in [1.165, 1.54) is 0 Å². The number of amides is 1. The van der Waals surface area contributed by atoms with E-state index in [0.29, 0.717) is 6.54 Å². The zero-order valence-electron chi connectivity index (χ0n) is 9.59. The minimum absolute atomic E-state index is 0.00646. The smallest absolute Gasteiger partial charge is 0.303 e. The molecule has 0 aliphatic rings. The van der Waals surface area contributed by atoms with Crippen molar-refractivity contribution in [3.05, 3.63) is 12.2 Å². The molecule has 1 amide bonds. The van der Waals surface area contributed by atoms with E-state index >= 15 is 0 Å². The van der Waals surface area contributed by atoms with Crippen molar-refractivity contribution in [1.29, 1.82) is 0 Å². The minimum Gasteiger partial charge on any atom is -0.481 e. The molecule has 86 valence electrons. The predicted molar refractivity (Wildman–Crippen MR) is 58.5 cm³/mol. The van der Waals surface area contributed by atoms with E-state index in [1.807, 2.05) is 6.92 Å². The molecule has 0 saturated carbocycles. The van der Waals surface area contributed by atoms with E-state index in [4.69, 9.17) is 5.11 Å². The van der Waals surface area contributed by atoms with Gasteiger partial charge in [0.2, 0.25) is 5.91 Å². The molecule has 2 N–H and O–H groups in total. The molecular weight excluding hydrogens is 194 g/mol. The monoisotopic (exact) mass is 213 g/mol. The molecule has 0 aliphatic carbocycles. The lowest BCUT2D eigenvalue weighted by Gasteiger charge is -2.21. The summed E-state index contributed by atoms with van der Waals surface area (Å²) in [6.45, 7) is 9.46. The molecule has 4 heteroatoms. The molecule has 0 atom stereocenters. The van der Waals surface area contributed by atoms with Crippen LogP contribution < -0.4 is 5.32 Å². The summed E-state index contributed by atoms with van der Waals surface area (Å²) in [5, 5.41) is 11.3. The Morgan fingerprint density at radius 3 is 2.27 bits per heavy atom. The Kier molecular flexibility index (Phi) is 5.05. The van der Waals surface area contributed by atoms with Gasteiger partial charge in [-0.1, -0.05) is 26.0 Å². The quantitative estimate of drug-likeness (QED) is 0.658. The molecule has 0 aromatic carbocycles. The first-order chi connectivity index (χ1) is 6.73. The zero-order valence-corrected chi connectivity index (χ0v) is 9.59. The Hall–Kier alpha value is -1.32. The first-order valence-electron chi connectivity index (χ1n) is 4.86. The van der Waals surface area contributed by atoms with Crippen LogP contribution in [-0.4, -0.2) is 23.5 Å². The molecule has 0 radical (unpaired) electrons. The van der Waals surface area contributed by atoms with Crippen molar-refractivity contribution in [2.45, 2.75) is 33.6 Å². The number of rotatable bonds is 6. The van der Waals surface area contributed by atoms with Gasteiger partial charge in [0.15, 0.2) is 0 Å². The van der Waals surface area contributed by atoms with Gasteiger partial charge in [-0.2, -0.15) is 0 Å². The maximum Gasteiger partial charge on any atom is 0.303 e. The lowest BCUT2D eigenvalue weighted by molar-refractivity contribution is -0.139. The summed E-state index contributed by atoms with van der Waals surface area (Å²) in [5.74, 6) is -1.02. The number of aliphatic carboxylic acids is 1. The summed E-state index contributed by atoms with van der Waals surface area (Å²) in [7, 11) is 0. The highest BCUT2D eigenvalue weighted by Gasteiger charge is 2.24. The number of carboxylic acids is 1. The van der Waals surface area contributed by atoms with Crippen LogP contribution in [0.3, 0.4) is 0 Å². The second kappa shape index (κ2) is 5.53. The van der Waals surface area contributed by atoms with Gasteiger partial charge < -0.3 is 10.4 Å². The van der Waals surface area contributed by atoms with E-state index in [0.717, 1.165) is 5.57 Å². The highest BCUT2D eigenvalue weighted by Crippen LogP contribution is 2.24. The maximum atomic E-state index is 11.4. The third kappa shape index (κ3) is 7.73. The van der Waals surface area contributed by atoms with Crippen molar-refractivity contribution >= 4 is 11.9 Å². The lowest BCUT2D eigenvalue weighted by Crippen LogP contribution is -2.30. The van der Waals surface area contributed by atoms with Crippen molar-refractivity contribution in [2.24, 2.45) is 5.41 Å². The first kappa shape index (κ1) is 13.7.